The Morgan fingerprint density at radius 1 is 1.15 bits per heavy atom. The summed E-state index contributed by atoms with van der Waals surface area (Å²) >= 11 is 0. The van der Waals surface area contributed by atoms with Gasteiger partial charge in [-0.05, 0) is 19.9 Å². The SMILES string of the molecule is CN[C@@H](CCC(=O)O)C(=O)ON[C@H](C=O)CCC(=O)O. The zero-order valence-electron chi connectivity index (χ0n) is 11.0. The first-order valence-corrected chi connectivity index (χ1v) is 5.93. The van der Waals surface area contributed by atoms with Crippen LogP contribution >= 0.6 is 0 Å². The average molecular weight is 290 g/mol. The van der Waals surface area contributed by atoms with Gasteiger partial charge in [-0.1, -0.05) is 0 Å². The predicted octanol–water partition coefficient (Wildman–Crippen LogP) is -1.08. The second-order valence-corrected chi connectivity index (χ2v) is 3.99. The van der Waals surface area contributed by atoms with Crippen molar-refractivity contribution in [2.24, 2.45) is 0 Å². The number of likely N-dealkylation sites (N-methyl/N-ethyl adjacent to an activating group) is 1. The molecule has 9 heteroatoms. The van der Waals surface area contributed by atoms with Crippen molar-refractivity contribution < 1.29 is 34.2 Å². The average Bonchev–Trinajstić information content (AvgIpc) is 2.39. The molecule has 0 aromatic rings. The summed E-state index contributed by atoms with van der Waals surface area (Å²) < 4.78 is 0. The number of aldehydes is 1. The van der Waals surface area contributed by atoms with Gasteiger partial charge < -0.3 is 25.2 Å². The maximum absolute atomic E-state index is 11.6. The third kappa shape index (κ3) is 8.16. The van der Waals surface area contributed by atoms with Gasteiger partial charge in [-0.3, -0.25) is 9.59 Å². The molecule has 0 saturated carbocycles. The van der Waals surface area contributed by atoms with E-state index in [0.717, 1.165) is 0 Å². The number of nitrogens with one attached hydrogen (secondary N) is 2. The van der Waals surface area contributed by atoms with E-state index in [-0.39, 0.29) is 25.7 Å². The molecule has 0 aromatic heterocycles. The van der Waals surface area contributed by atoms with Crippen LogP contribution < -0.4 is 10.8 Å². The predicted molar refractivity (Wildman–Crippen MR) is 65.7 cm³/mol. The van der Waals surface area contributed by atoms with Crippen LogP contribution in [0.3, 0.4) is 0 Å². The number of carboxylic acids is 2. The van der Waals surface area contributed by atoms with E-state index in [4.69, 9.17) is 10.2 Å². The standard InChI is InChI=1S/C11H18N2O7/c1-12-8(3-5-10(17)18)11(19)20-13-7(6-14)2-4-9(15)16/h6-8,12-13H,2-5H2,1H3,(H,15,16)(H,17,18)/t7-,8-/m0/s1. The Balaban J connectivity index is 4.17. The maximum atomic E-state index is 11.6. The molecule has 0 radical (unpaired) electrons. The number of hydrogen-bond acceptors (Lipinski definition) is 7. The summed E-state index contributed by atoms with van der Waals surface area (Å²) in [4.78, 5) is 47.6. The number of rotatable bonds is 11. The number of carbonyl (C=O) groups excluding carboxylic acids is 2. The van der Waals surface area contributed by atoms with Crippen LogP contribution in [-0.4, -0.2) is 53.5 Å². The Labute approximate surface area is 115 Å². The number of hydrogen-bond donors (Lipinski definition) is 4. The minimum atomic E-state index is -1.07. The second-order valence-electron chi connectivity index (χ2n) is 3.99. The minimum absolute atomic E-state index is 0.0224. The Kier molecular flexibility index (Phi) is 8.88. The molecular weight excluding hydrogens is 272 g/mol. The first-order valence-electron chi connectivity index (χ1n) is 5.93. The van der Waals surface area contributed by atoms with E-state index in [1.54, 1.807) is 0 Å². The van der Waals surface area contributed by atoms with Gasteiger partial charge in [-0.25, -0.2) is 4.79 Å². The summed E-state index contributed by atoms with van der Waals surface area (Å²) in [5.74, 6) is -2.88. The normalized spacial score (nSPS) is 13.2. The molecule has 0 fully saturated rings. The summed E-state index contributed by atoms with van der Waals surface area (Å²) in [6.07, 6.45) is -0.0142. The highest BCUT2D eigenvalue weighted by molar-refractivity contribution is 5.77. The number of hydroxylamine groups is 1. The molecule has 0 aliphatic rings. The molecule has 0 unspecified atom stereocenters. The number of carboxylic acid groups (broad SMARTS) is 2. The van der Waals surface area contributed by atoms with Gasteiger partial charge in [0.05, 0.1) is 6.04 Å². The zero-order valence-corrected chi connectivity index (χ0v) is 11.0. The van der Waals surface area contributed by atoms with Crippen LogP contribution in [0.15, 0.2) is 0 Å². The van der Waals surface area contributed by atoms with Crippen LogP contribution in [0.1, 0.15) is 25.7 Å². The summed E-state index contributed by atoms with van der Waals surface area (Å²) in [6, 6.07) is -1.75. The summed E-state index contributed by atoms with van der Waals surface area (Å²) in [5, 5.41) is 19.6. The molecule has 2 atom stereocenters. The van der Waals surface area contributed by atoms with Crippen LogP contribution in [0.2, 0.25) is 0 Å². The first kappa shape index (κ1) is 18.0. The lowest BCUT2D eigenvalue weighted by atomic mass is 10.1. The fourth-order valence-electron chi connectivity index (χ4n) is 1.29. The highest BCUT2D eigenvalue weighted by Crippen LogP contribution is 2.00. The fourth-order valence-corrected chi connectivity index (χ4v) is 1.29. The molecule has 0 aliphatic heterocycles. The monoisotopic (exact) mass is 290 g/mol. The molecule has 114 valence electrons. The van der Waals surface area contributed by atoms with Crippen molar-refractivity contribution in [1.29, 1.82) is 0 Å². The van der Waals surface area contributed by atoms with Crippen molar-refractivity contribution in [3.63, 3.8) is 0 Å². The lowest BCUT2D eigenvalue weighted by Crippen LogP contribution is -2.42. The Hall–Kier alpha value is -2.00. The van der Waals surface area contributed by atoms with Crippen LogP contribution in [0.5, 0.6) is 0 Å². The van der Waals surface area contributed by atoms with Crippen molar-refractivity contribution >= 4 is 24.2 Å². The van der Waals surface area contributed by atoms with Gasteiger partial charge in [0, 0.05) is 12.8 Å². The van der Waals surface area contributed by atoms with Gasteiger partial charge in [0.1, 0.15) is 12.3 Å². The minimum Gasteiger partial charge on any atom is -0.481 e. The quantitative estimate of drug-likeness (QED) is 0.276. The third-order valence-corrected chi connectivity index (χ3v) is 2.42. The molecule has 0 spiro atoms. The van der Waals surface area contributed by atoms with Gasteiger partial charge in [-0.15, -0.1) is 5.48 Å². The van der Waals surface area contributed by atoms with Gasteiger partial charge in [0.2, 0.25) is 0 Å². The van der Waals surface area contributed by atoms with Crippen molar-refractivity contribution in [1.82, 2.24) is 10.8 Å². The topological polar surface area (TPSA) is 142 Å². The van der Waals surface area contributed by atoms with Crippen LogP contribution in [0, 0.1) is 0 Å². The highest BCUT2D eigenvalue weighted by atomic mass is 16.7. The first-order chi connectivity index (χ1) is 9.40. The third-order valence-electron chi connectivity index (χ3n) is 2.42. The molecular formula is C11H18N2O7. The van der Waals surface area contributed by atoms with Crippen molar-refractivity contribution in [3.8, 4) is 0 Å². The molecule has 0 rings (SSSR count). The Morgan fingerprint density at radius 2 is 1.70 bits per heavy atom. The van der Waals surface area contributed by atoms with E-state index in [1.807, 2.05) is 0 Å². The second kappa shape index (κ2) is 9.87. The Morgan fingerprint density at radius 3 is 2.15 bits per heavy atom. The lowest BCUT2D eigenvalue weighted by Gasteiger charge is -2.16. The summed E-state index contributed by atoms with van der Waals surface area (Å²) in [7, 11) is 1.47. The number of carbonyl (C=O) groups is 4. The zero-order chi connectivity index (χ0) is 15.5. The van der Waals surface area contributed by atoms with Crippen molar-refractivity contribution in [2.75, 3.05) is 7.05 Å². The molecule has 0 saturated heterocycles. The molecule has 0 heterocycles. The van der Waals surface area contributed by atoms with Gasteiger partial charge in [-0.2, -0.15) is 0 Å². The van der Waals surface area contributed by atoms with Crippen LogP contribution in [-0.2, 0) is 24.0 Å². The van der Waals surface area contributed by atoms with E-state index in [1.165, 1.54) is 7.05 Å². The molecule has 4 N–H and O–H groups in total. The Bertz CT molecular complexity index is 359. The van der Waals surface area contributed by atoms with E-state index in [2.05, 4.69) is 15.6 Å². The van der Waals surface area contributed by atoms with Crippen molar-refractivity contribution in [2.45, 2.75) is 37.8 Å². The van der Waals surface area contributed by atoms with Crippen LogP contribution in [0.4, 0.5) is 0 Å². The summed E-state index contributed by atoms with van der Waals surface area (Å²) in [5.41, 5.74) is 2.16. The maximum Gasteiger partial charge on any atom is 0.341 e. The fraction of sp³-hybridized carbons (Fsp3) is 0.636. The van der Waals surface area contributed by atoms with Gasteiger partial charge in [0.25, 0.3) is 0 Å². The van der Waals surface area contributed by atoms with E-state index >= 15 is 0 Å². The smallest absolute Gasteiger partial charge is 0.341 e. The highest BCUT2D eigenvalue weighted by Gasteiger charge is 2.21. The van der Waals surface area contributed by atoms with Crippen molar-refractivity contribution in [3.05, 3.63) is 0 Å². The molecule has 20 heavy (non-hydrogen) atoms. The molecule has 9 nitrogen and oxygen atoms in total. The van der Waals surface area contributed by atoms with Crippen LogP contribution in [0.25, 0.3) is 0 Å². The van der Waals surface area contributed by atoms with E-state index in [0.29, 0.717) is 6.29 Å². The van der Waals surface area contributed by atoms with Gasteiger partial charge in [0.15, 0.2) is 0 Å². The molecule has 0 bridgehead atoms. The van der Waals surface area contributed by atoms with E-state index in [9.17, 15) is 19.2 Å². The molecule has 0 aliphatic carbocycles. The lowest BCUT2D eigenvalue weighted by molar-refractivity contribution is -0.156. The number of aliphatic carboxylic acids is 2. The largest absolute Gasteiger partial charge is 0.481 e. The van der Waals surface area contributed by atoms with E-state index < -0.39 is 30.0 Å². The van der Waals surface area contributed by atoms with Gasteiger partial charge >= 0.3 is 17.9 Å². The molecule has 0 aromatic carbocycles. The summed E-state index contributed by atoms with van der Waals surface area (Å²) in [6.45, 7) is 0. The molecule has 0 amide bonds.